The van der Waals surface area contributed by atoms with Gasteiger partial charge in [-0.15, -0.1) is 0 Å². The molecule has 0 N–H and O–H groups in total. The molecule has 272 valence electrons. The van der Waals surface area contributed by atoms with Crippen LogP contribution in [-0.4, -0.2) is 18.3 Å². The van der Waals surface area contributed by atoms with Crippen LogP contribution >= 0.6 is 0 Å². The number of benzene rings is 8. The Morgan fingerprint density at radius 3 is 1.19 bits per heavy atom. The Labute approximate surface area is 334 Å². The first-order valence-electron chi connectivity index (χ1n) is 20.3. The quantitative estimate of drug-likeness (QED) is 0.171. The maximum absolute atomic E-state index is 2.49. The summed E-state index contributed by atoms with van der Waals surface area (Å²) < 4.78 is 9.82. The van der Waals surface area contributed by atoms with E-state index in [0.29, 0.717) is 0 Å². The molecule has 1 aliphatic rings. The molecule has 4 nitrogen and oxygen atoms in total. The maximum atomic E-state index is 2.49. The van der Waals surface area contributed by atoms with Gasteiger partial charge in [0, 0.05) is 65.8 Å². The van der Waals surface area contributed by atoms with E-state index in [9.17, 15) is 0 Å². The second-order valence-corrected chi connectivity index (χ2v) is 15.6. The number of hydrogen-bond donors (Lipinski definition) is 0. The van der Waals surface area contributed by atoms with Gasteiger partial charge < -0.3 is 18.3 Å². The Morgan fingerprint density at radius 1 is 0.276 bits per heavy atom. The molecular formula is C54H36N4. The van der Waals surface area contributed by atoms with Gasteiger partial charge in [-0.1, -0.05) is 103 Å². The normalized spacial score (nSPS) is 13.4. The molecule has 4 aromatic heterocycles. The second kappa shape index (κ2) is 12.0. The first kappa shape index (κ1) is 31.6. The molecule has 0 fully saturated rings. The highest BCUT2D eigenvalue weighted by atomic mass is 15.0. The highest BCUT2D eigenvalue weighted by Gasteiger charge is 2.22. The molecule has 0 saturated heterocycles. The number of nitrogens with zero attached hydrogens (tertiary/aromatic N) is 4. The highest BCUT2D eigenvalue weighted by Crippen LogP contribution is 2.43. The lowest BCUT2D eigenvalue weighted by Crippen LogP contribution is -1.98. The summed E-state index contributed by atoms with van der Waals surface area (Å²) in [6, 6.07) is 64.9. The van der Waals surface area contributed by atoms with Crippen LogP contribution in [0.25, 0.3) is 110 Å². The zero-order valence-electron chi connectivity index (χ0n) is 31.7. The molecular weight excluding hydrogens is 705 g/mol. The summed E-state index contributed by atoms with van der Waals surface area (Å²) >= 11 is 0. The second-order valence-electron chi connectivity index (χ2n) is 15.6. The van der Waals surface area contributed by atoms with Crippen LogP contribution in [0.5, 0.6) is 0 Å². The van der Waals surface area contributed by atoms with Crippen LogP contribution in [0.1, 0.15) is 12.8 Å². The van der Waals surface area contributed by atoms with Crippen LogP contribution in [0, 0.1) is 0 Å². The third-order valence-electron chi connectivity index (χ3n) is 12.5. The summed E-state index contributed by atoms with van der Waals surface area (Å²) in [7, 11) is 0. The Balaban J connectivity index is 1.14. The van der Waals surface area contributed by atoms with E-state index in [1.165, 1.54) is 98.6 Å². The first-order chi connectivity index (χ1) is 28.8. The Hall–Kier alpha value is -7.56. The molecule has 0 atom stereocenters. The average Bonchev–Trinajstić information content (AvgIpc) is 4.00. The summed E-state index contributed by atoms with van der Waals surface area (Å²) in [6.07, 6.45) is 9.12. The molecule has 0 aliphatic heterocycles. The summed E-state index contributed by atoms with van der Waals surface area (Å²) in [5.74, 6) is 0. The lowest BCUT2D eigenvalue weighted by molar-refractivity contribution is 1.02. The molecule has 0 spiro atoms. The van der Waals surface area contributed by atoms with E-state index in [4.69, 9.17) is 0 Å². The summed E-state index contributed by atoms with van der Waals surface area (Å²) in [5.41, 5.74) is 14.4. The molecule has 0 radical (unpaired) electrons. The molecule has 0 amide bonds. The van der Waals surface area contributed by atoms with Crippen LogP contribution < -0.4 is 0 Å². The molecule has 8 aromatic carbocycles. The van der Waals surface area contributed by atoms with Crippen molar-refractivity contribution in [2.45, 2.75) is 12.8 Å². The molecule has 4 heterocycles. The van der Waals surface area contributed by atoms with Gasteiger partial charge in [0.15, 0.2) is 0 Å². The van der Waals surface area contributed by atoms with Crippen molar-refractivity contribution >= 4 is 92.9 Å². The van der Waals surface area contributed by atoms with E-state index in [0.717, 1.165) is 24.2 Å². The van der Waals surface area contributed by atoms with Gasteiger partial charge in [0.2, 0.25) is 0 Å². The standard InChI is InChI=1S/C54H36N4/c1-4-16-35(17-5-1)55-47-25-13-10-22-39(47)43-31-44-41-24-12-15-27-49(41)58(53(44)33-51(43)55)38-28-29-50-42(30-38)46-32-45-40-23-11-14-26-48(40)56(36-18-6-2-7-19-36)52(45)34-54(46)57(50)37-20-8-3-9-21-37/h1-2,4-8,10-34H,3,9H2. The number of aromatic nitrogens is 4. The number of fused-ring (bicyclic) bond motifs is 12. The minimum atomic E-state index is 1.03. The van der Waals surface area contributed by atoms with Gasteiger partial charge in [0.1, 0.15) is 0 Å². The monoisotopic (exact) mass is 740 g/mol. The van der Waals surface area contributed by atoms with Gasteiger partial charge in [0.05, 0.1) is 44.1 Å². The molecule has 4 heteroatoms. The Bertz CT molecular complexity index is 3720. The molecule has 13 rings (SSSR count). The van der Waals surface area contributed by atoms with Crippen molar-refractivity contribution in [1.29, 1.82) is 0 Å². The molecule has 1 aliphatic carbocycles. The topological polar surface area (TPSA) is 19.7 Å². The number of para-hydroxylation sites is 5. The molecule has 0 unspecified atom stereocenters. The third kappa shape index (κ3) is 4.34. The van der Waals surface area contributed by atoms with E-state index in [2.05, 4.69) is 212 Å². The zero-order valence-corrected chi connectivity index (χ0v) is 31.7. The molecule has 12 aromatic rings. The summed E-state index contributed by atoms with van der Waals surface area (Å²) in [6.45, 7) is 0. The van der Waals surface area contributed by atoms with Crippen LogP contribution in [0.2, 0.25) is 0 Å². The lowest BCUT2D eigenvalue weighted by Gasteiger charge is -2.13. The lowest BCUT2D eigenvalue weighted by atomic mass is 10.1. The van der Waals surface area contributed by atoms with Crippen LogP contribution in [0.3, 0.4) is 0 Å². The van der Waals surface area contributed by atoms with Crippen molar-refractivity contribution in [3.05, 3.63) is 194 Å². The Kier molecular flexibility index (Phi) is 6.53. The van der Waals surface area contributed by atoms with Gasteiger partial charge in [0.25, 0.3) is 0 Å². The molecule has 0 bridgehead atoms. The van der Waals surface area contributed by atoms with Crippen LogP contribution in [-0.2, 0) is 0 Å². The zero-order chi connectivity index (χ0) is 37.9. The summed E-state index contributed by atoms with van der Waals surface area (Å²) in [5, 5.41) is 10.1. The van der Waals surface area contributed by atoms with E-state index in [-0.39, 0.29) is 0 Å². The summed E-state index contributed by atoms with van der Waals surface area (Å²) in [4.78, 5) is 0. The van der Waals surface area contributed by atoms with Crippen molar-refractivity contribution in [3.8, 4) is 17.1 Å². The van der Waals surface area contributed by atoms with E-state index < -0.39 is 0 Å². The van der Waals surface area contributed by atoms with Crippen molar-refractivity contribution in [1.82, 2.24) is 18.3 Å². The van der Waals surface area contributed by atoms with E-state index >= 15 is 0 Å². The molecule has 0 saturated carbocycles. The predicted octanol–water partition coefficient (Wildman–Crippen LogP) is 14.3. The minimum Gasteiger partial charge on any atom is -0.310 e. The number of hydrogen-bond acceptors (Lipinski definition) is 0. The van der Waals surface area contributed by atoms with E-state index in [1.807, 2.05) is 0 Å². The SMILES string of the molecule is C1=CC(n2c3ccc(-n4c5ccccc5c5cc6c7ccccc7n(-c7ccccc7)c6cc54)cc3c3cc4c5ccccc5n(-c5ccccc5)c4cc32)=CCC1. The molecule has 58 heavy (non-hydrogen) atoms. The number of allylic oxidation sites excluding steroid dienone is 4. The maximum Gasteiger partial charge on any atom is 0.0562 e. The van der Waals surface area contributed by atoms with Crippen molar-refractivity contribution < 1.29 is 0 Å². The van der Waals surface area contributed by atoms with Crippen molar-refractivity contribution in [3.63, 3.8) is 0 Å². The Morgan fingerprint density at radius 2 is 0.690 bits per heavy atom. The largest absolute Gasteiger partial charge is 0.310 e. The fourth-order valence-corrected chi connectivity index (χ4v) is 10.1. The van der Waals surface area contributed by atoms with Gasteiger partial charge in [-0.3, -0.25) is 0 Å². The number of rotatable bonds is 4. The third-order valence-corrected chi connectivity index (χ3v) is 12.5. The van der Waals surface area contributed by atoms with Gasteiger partial charge in [-0.25, -0.2) is 0 Å². The fourth-order valence-electron chi connectivity index (χ4n) is 10.1. The average molecular weight is 741 g/mol. The van der Waals surface area contributed by atoms with E-state index in [1.54, 1.807) is 0 Å². The fraction of sp³-hybridized carbons (Fsp3) is 0.0370. The predicted molar refractivity (Wildman–Crippen MR) is 245 cm³/mol. The van der Waals surface area contributed by atoms with Crippen molar-refractivity contribution in [2.24, 2.45) is 0 Å². The first-order valence-corrected chi connectivity index (χ1v) is 20.3. The van der Waals surface area contributed by atoms with Gasteiger partial charge >= 0.3 is 0 Å². The minimum absolute atomic E-state index is 1.03. The van der Waals surface area contributed by atoms with Crippen LogP contribution in [0.4, 0.5) is 0 Å². The van der Waals surface area contributed by atoms with Crippen molar-refractivity contribution in [2.75, 3.05) is 0 Å². The van der Waals surface area contributed by atoms with Gasteiger partial charge in [-0.05, 0) is 104 Å². The van der Waals surface area contributed by atoms with Gasteiger partial charge in [-0.2, -0.15) is 0 Å². The smallest absolute Gasteiger partial charge is 0.0562 e. The van der Waals surface area contributed by atoms with Crippen LogP contribution in [0.15, 0.2) is 194 Å². The highest BCUT2D eigenvalue weighted by molar-refractivity contribution is 6.22.